The highest BCUT2D eigenvalue weighted by molar-refractivity contribution is 5.92. The fraction of sp³-hybridized carbons (Fsp3) is 0.273. The first-order valence-electron chi connectivity index (χ1n) is 5.33. The van der Waals surface area contributed by atoms with Crippen LogP contribution in [0, 0.1) is 0 Å². The van der Waals surface area contributed by atoms with Crippen molar-refractivity contribution >= 4 is 17.7 Å². The van der Waals surface area contributed by atoms with Crippen LogP contribution in [0.5, 0.6) is 5.75 Å². The first-order chi connectivity index (χ1) is 9.17. The van der Waals surface area contributed by atoms with Gasteiger partial charge in [0.1, 0.15) is 11.8 Å². The van der Waals surface area contributed by atoms with Crippen molar-refractivity contribution in [2.45, 2.75) is 19.3 Å². The number of nitrogens with one attached hydrogen (secondary N) is 2. The van der Waals surface area contributed by atoms with E-state index in [1.165, 1.54) is 19.1 Å². The number of anilines is 1. The number of aliphatic carboxylic acids is 1. The van der Waals surface area contributed by atoms with E-state index >= 15 is 0 Å². The second-order valence-corrected chi connectivity index (χ2v) is 3.73. The molecular weight excluding hydrogens is 281 g/mol. The number of carbonyl (C=O) groups excluding carboxylic acids is 1. The molecule has 0 aliphatic rings. The second kappa shape index (κ2) is 6.13. The van der Waals surface area contributed by atoms with Gasteiger partial charge in [-0.2, -0.15) is 0 Å². The molecule has 1 atom stereocenters. The number of hydrogen-bond donors (Lipinski definition) is 3. The number of alkyl halides is 3. The minimum Gasteiger partial charge on any atom is -0.480 e. The summed E-state index contributed by atoms with van der Waals surface area (Å²) >= 11 is 0. The third-order valence-electron chi connectivity index (χ3n) is 2.06. The zero-order valence-electron chi connectivity index (χ0n) is 10.2. The summed E-state index contributed by atoms with van der Waals surface area (Å²) in [7, 11) is 0. The van der Waals surface area contributed by atoms with Gasteiger partial charge in [-0.25, -0.2) is 4.79 Å². The SMILES string of the molecule is C[C@@H](NC(=O)Nc1ccc(OC(F)(F)F)cc1)C(=O)O. The zero-order valence-corrected chi connectivity index (χ0v) is 10.2. The summed E-state index contributed by atoms with van der Waals surface area (Å²) in [6.45, 7) is 1.27. The van der Waals surface area contributed by atoms with E-state index in [1.807, 2.05) is 0 Å². The lowest BCUT2D eigenvalue weighted by atomic mass is 10.3. The summed E-state index contributed by atoms with van der Waals surface area (Å²) in [5, 5.41) is 13.0. The highest BCUT2D eigenvalue weighted by Crippen LogP contribution is 2.23. The summed E-state index contributed by atoms with van der Waals surface area (Å²) in [4.78, 5) is 21.8. The fourth-order valence-electron chi connectivity index (χ4n) is 1.17. The first kappa shape index (κ1) is 15.6. The van der Waals surface area contributed by atoms with Crippen LogP contribution in [-0.2, 0) is 4.79 Å². The molecule has 0 spiro atoms. The number of ether oxygens (including phenoxy) is 1. The van der Waals surface area contributed by atoms with Crippen molar-refractivity contribution in [3.05, 3.63) is 24.3 Å². The van der Waals surface area contributed by atoms with E-state index in [-0.39, 0.29) is 5.69 Å². The van der Waals surface area contributed by atoms with E-state index in [1.54, 1.807) is 0 Å². The molecule has 20 heavy (non-hydrogen) atoms. The molecule has 2 amide bonds. The molecule has 0 aromatic heterocycles. The van der Waals surface area contributed by atoms with Crippen LogP contribution in [0.3, 0.4) is 0 Å². The second-order valence-electron chi connectivity index (χ2n) is 3.73. The molecule has 0 unspecified atom stereocenters. The lowest BCUT2D eigenvalue weighted by molar-refractivity contribution is -0.274. The summed E-state index contributed by atoms with van der Waals surface area (Å²) in [5.41, 5.74) is 0.189. The number of hydrogen-bond acceptors (Lipinski definition) is 3. The van der Waals surface area contributed by atoms with Crippen molar-refractivity contribution in [1.82, 2.24) is 5.32 Å². The predicted octanol–water partition coefficient (Wildman–Crippen LogP) is 2.18. The Morgan fingerprint density at radius 1 is 1.25 bits per heavy atom. The Kier molecular flexibility index (Phi) is 4.78. The molecule has 110 valence electrons. The standard InChI is InChI=1S/C11H11F3N2O4/c1-6(9(17)18)15-10(19)16-7-2-4-8(5-3-7)20-11(12,13)14/h2-6H,1H3,(H,17,18)(H2,15,16,19)/t6-/m1/s1. The number of benzene rings is 1. The Morgan fingerprint density at radius 2 is 1.80 bits per heavy atom. The van der Waals surface area contributed by atoms with E-state index in [0.717, 1.165) is 12.1 Å². The summed E-state index contributed by atoms with van der Waals surface area (Å²) < 4.78 is 39.4. The van der Waals surface area contributed by atoms with Crippen molar-refractivity contribution < 1.29 is 32.6 Å². The maximum Gasteiger partial charge on any atom is 0.573 e. The highest BCUT2D eigenvalue weighted by Gasteiger charge is 2.30. The van der Waals surface area contributed by atoms with Crippen LogP contribution in [0.25, 0.3) is 0 Å². The number of urea groups is 1. The smallest absolute Gasteiger partial charge is 0.480 e. The Hall–Kier alpha value is -2.45. The largest absolute Gasteiger partial charge is 0.573 e. The first-order valence-corrected chi connectivity index (χ1v) is 5.33. The van der Waals surface area contributed by atoms with Gasteiger partial charge in [-0.05, 0) is 31.2 Å². The van der Waals surface area contributed by atoms with E-state index in [9.17, 15) is 22.8 Å². The molecule has 0 bridgehead atoms. The Labute approximate surface area is 111 Å². The minimum atomic E-state index is -4.79. The van der Waals surface area contributed by atoms with Crippen LogP contribution >= 0.6 is 0 Å². The van der Waals surface area contributed by atoms with Gasteiger partial charge in [0.15, 0.2) is 0 Å². The minimum absolute atomic E-state index is 0.189. The van der Waals surface area contributed by atoms with Gasteiger partial charge in [-0.1, -0.05) is 0 Å². The molecule has 1 aromatic rings. The van der Waals surface area contributed by atoms with Gasteiger partial charge in [-0.3, -0.25) is 4.79 Å². The van der Waals surface area contributed by atoms with Crippen molar-refractivity contribution in [3.63, 3.8) is 0 Å². The third kappa shape index (κ3) is 5.46. The summed E-state index contributed by atoms with van der Waals surface area (Å²) in [6, 6.07) is 2.53. The lowest BCUT2D eigenvalue weighted by Crippen LogP contribution is -2.40. The van der Waals surface area contributed by atoms with Gasteiger partial charge < -0.3 is 20.5 Å². The molecule has 0 saturated heterocycles. The molecule has 0 aliphatic carbocycles. The van der Waals surface area contributed by atoms with Crippen LogP contribution in [-0.4, -0.2) is 29.5 Å². The molecule has 0 aliphatic heterocycles. The number of amides is 2. The number of carboxylic acids is 1. The Morgan fingerprint density at radius 3 is 2.25 bits per heavy atom. The zero-order chi connectivity index (χ0) is 15.3. The molecule has 3 N–H and O–H groups in total. The normalized spacial score (nSPS) is 12.4. The van der Waals surface area contributed by atoms with E-state index < -0.39 is 30.2 Å². The monoisotopic (exact) mass is 292 g/mol. The average molecular weight is 292 g/mol. The van der Waals surface area contributed by atoms with Gasteiger partial charge in [0.05, 0.1) is 0 Å². The van der Waals surface area contributed by atoms with Crippen LogP contribution in [0.1, 0.15) is 6.92 Å². The molecule has 6 nitrogen and oxygen atoms in total. The van der Waals surface area contributed by atoms with Gasteiger partial charge in [0.2, 0.25) is 0 Å². The van der Waals surface area contributed by atoms with Crippen LogP contribution in [0.4, 0.5) is 23.7 Å². The quantitative estimate of drug-likeness (QED) is 0.793. The molecule has 0 saturated carbocycles. The van der Waals surface area contributed by atoms with Crippen LogP contribution in [0.15, 0.2) is 24.3 Å². The van der Waals surface area contributed by atoms with Crippen molar-refractivity contribution in [2.75, 3.05) is 5.32 Å². The highest BCUT2D eigenvalue weighted by atomic mass is 19.4. The average Bonchev–Trinajstić information content (AvgIpc) is 2.29. The number of carboxylic acid groups (broad SMARTS) is 1. The van der Waals surface area contributed by atoms with Crippen molar-refractivity contribution in [1.29, 1.82) is 0 Å². The number of carbonyl (C=O) groups is 2. The molecule has 0 fully saturated rings. The number of rotatable bonds is 4. The van der Waals surface area contributed by atoms with Gasteiger partial charge in [0.25, 0.3) is 0 Å². The van der Waals surface area contributed by atoms with E-state index in [0.29, 0.717) is 0 Å². The van der Waals surface area contributed by atoms with Crippen molar-refractivity contribution in [3.8, 4) is 5.75 Å². The summed E-state index contributed by atoms with van der Waals surface area (Å²) in [5.74, 6) is -1.64. The molecule has 0 heterocycles. The molecule has 1 rings (SSSR count). The molecule has 9 heteroatoms. The molecule has 1 aromatic carbocycles. The Balaban J connectivity index is 2.57. The summed E-state index contributed by atoms with van der Waals surface area (Å²) in [6.07, 6.45) is -4.79. The van der Waals surface area contributed by atoms with Crippen molar-refractivity contribution in [2.24, 2.45) is 0 Å². The van der Waals surface area contributed by atoms with Crippen LogP contribution < -0.4 is 15.4 Å². The van der Waals surface area contributed by atoms with Gasteiger partial charge >= 0.3 is 18.4 Å². The number of halogens is 3. The maximum atomic E-state index is 11.9. The van der Waals surface area contributed by atoms with Crippen LogP contribution in [0.2, 0.25) is 0 Å². The van der Waals surface area contributed by atoms with Gasteiger partial charge in [-0.15, -0.1) is 13.2 Å². The topological polar surface area (TPSA) is 87.7 Å². The maximum absolute atomic E-state index is 11.9. The van der Waals surface area contributed by atoms with E-state index in [2.05, 4.69) is 15.4 Å². The molecule has 0 radical (unpaired) electrons. The van der Waals surface area contributed by atoms with E-state index in [4.69, 9.17) is 5.11 Å². The lowest BCUT2D eigenvalue weighted by Gasteiger charge is -2.12. The molecular formula is C11H11F3N2O4. The van der Waals surface area contributed by atoms with Gasteiger partial charge in [0, 0.05) is 5.69 Å². The predicted molar refractivity (Wildman–Crippen MR) is 62.4 cm³/mol. The third-order valence-corrected chi connectivity index (χ3v) is 2.06. The fourth-order valence-corrected chi connectivity index (χ4v) is 1.17. The Bertz CT molecular complexity index is 487.